The molecule has 0 bridgehead atoms. The van der Waals surface area contributed by atoms with Gasteiger partial charge in [0.15, 0.2) is 11.5 Å². The van der Waals surface area contributed by atoms with Crippen molar-refractivity contribution in [3.05, 3.63) is 17.7 Å². The third kappa shape index (κ3) is 2.83. The SMILES string of the molecule is COCCN1C(=O)CCSC1c1cc(OC)c2c(c1)OCO2. The highest BCUT2D eigenvalue weighted by molar-refractivity contribution is 7.99. The molecule has 0 spiro atoms. The molecule has 0 aliphatic carbocycles. The third-order valence-corrected chi connectivity index (χ3v) is 4.98. The average molecular weight is 325 g/mol. The first-order valence-corrected chi connectivity index (χ1v) is 8.17. The molecule has 1 atom stereocenters. The van der Waals surface area contributed by atoms with Crippen LogP contribution in [0.1, 0.15) is 17.4 Å². The zero-order valence-corrected chi connectivity index (χ0v) is 13.5. The van der Waals surface area contributed by atoms with Crippen molar-refractivity contribution in [2.75, 3.05) is 39.9 Å². The number of rotatable bonds is 5. The molecule has 22 heavy (non-hydrogen) atoms. The molecule has 1 saturated heterocycles. The molecule has 0 radical (unpaired) electrons. The van der Waals surface area contributed by atoms with Crippen LogP contribution in [0.5, 0.6) is 17.2 Å². The van der Waals surface area contributed by atoms with Crippen molar-refractivity contribution in [1.82, 2.24) is 4.90 Å². The first-order chi connectivity index (χ1) is 10.7. The Morgan fingerprint density at radius 1 is 1.36 bits per heavy atom. The molecule has 2 heterocycles. The van der Waals surface area contributed by atoms with Gasteiger partial charge in [0.25, 0.3) is 0 Å². The van der Waals surface area contributed by atoms with Crippen molar-refractivity contribution >= 4 is 17.7 Å². The van der Waals surface area contributed by atoms with E-state index in [0.717, 1.165) is 11.3 Å². The highest BCUT2D eigenvalue weighted by Gasteiger charge is 2.32. The number of thioether (sulfide) groups is 1. The summed E-state index contributed by atoms with van der Waals surface area (Å²) in [7, 11) is 3.24. The van der Waals surface area contributed by atoms with Gasteiger partial charge in [-0.1, -0.05) is 0 Å². The molecular weight excluding hydrogens is 306 g/mol. The molecule has 120 valence electrons. The van der Waals surface area contributed by atoms with Gasteiger partial charge >= 0.3 is 0 Å². The Morgan fingerprint density at radius 2 is 2.23 bits per heavy atom. The lowest BCUT2D eigenvalue weighted by Crippen LogP contribution is -2.39. The fourth-order valence-corrected chi connectivity index (χ4v) is 3.87. The summed E-state index contributed by atoms with van der Waals surface area (Å²) in [6.07, 6.45) is 0.562. The zero-order valence-electron chi connectivity index (χ0n) is 12.7. The molecule has 1 amide bonds. The van der Waals surface area contributed by atoms with Crippen LogP contribution in [-0.4, -0.2) is 50.7 Å². The number of hydrogen-bond donors (Lipinski definition) is 0. The summed E-state index contributed by atoms with van der Waals surface area (Å²) < 4.78 is 21.4. The normalized spacial score (nSPS) is 20.4. The van der Waals surface area contributed by atoms with Crippen molar-refractivity contribution in [1.29, 1.82) is 0 Å². The van der Waals surface area contributed by atoms with Gasteiger partial charge in [0.2, 0.25) is 18.4 Å². The second kappa shape index (κ2) is 6.66. The standard InChI is InChI=1S/C15H19NO5S/c1-18-5-4-16-13(17)3-6-22-15(16)10-7-11(19-2)14-12(8-10)20-9-21-14/h7-8,15H,3-6,9H2,1-2H3. The fourth-order valence-electron chi connectivity index (χ4n) is 2.62. The molecule has 2 aliphatic heterocycles. The number of hydrogen-bond acceptors (Lipinski definition) is 6. The number of nitrogens with zero attached hydrogens (tertiary/aromatic N) is 1. The number of methoxy groups -OCH3 is 2. The number of benzene rings is 1. The van der Waals surface area contributed by atoms with Crippen LogP contribution in [0.2, 0.25) is 0 Å². The first kappa shape index (κ1) is 15.3. The van der Waals surface area contributed by atoms with Crippen LogP contribution >= 0.6 is 11.8 Å². The monoisotopic (exact) mass is 325 g/mol. The van der Waals surface area contributed by atoms with Crippen LogP contribution in [0.3, 0.4) is 0 Å². The van der Waals surface area contributed by atoms with Crippen molar-refractivity contribution in [3.8, 4) is 17.2 Å². The van der Waals surface area contributed by atoms with Crippen molar-refractivity contribution < 1.29 is 23.7 Å². The van der Waals surface area contributed by atoms with Crippen LogP contribution < -0.4 is 14.2 Å². The minimum absolute atomic E-state index is 0.0557. The highest BCUT2D eigenvalue weighted by atomic mass is 32.2. The van der Waals surface area contributed by atoms with Crippen molar-refractivity contribution in [2.24, 2.45) is 0 Å². The van der Waals surface area contributed by atoms with E-state index < -0.39 is 0 Å². The van der Waals surface area contributed by atoms with Gasteiger partial charge in [-0.15, -0.1) is 11.8 Å². The van der Waals surface area contributed by atoms with Gasteiger partial charge in [0.1, 0.15) is 5.37 Å². The minimum Gasteiger partial charge on any atom is -0.493 e. The highest BCUT2D eigenvalue weighted by Crippen LogP contribution is 2.46. The smallest absolute Gasteiger partial charge is 0.231 e. The number of ether oxygens (including phenoxy) is 4. The molecule has 2 aliphatic rings. The largest absolute Gasteiger partial charge is 0.493 e. The summed E-state index contributed by atoms with van der Waals surface area (Å²) in [5.74, 6) is 2.89. The minimum atomic E-state index is -0.0557. The van der Waals surface area contributed by atoms with Gasteiger partial charge < -0.3 is 23.8 Å². The van der Waals surface area contributed by atoms with Crippen molar-refractivity contribution in [2.45, 2.75) is 11.8 Å². The molecule has 0 saturated carbocycles. The molecule has 7 heteroatoms. The fraction of sp³-hybridized carbons (Fsp3) is 0.533. The van der Waals surface area contributed by atoms with E-state index >= 15 is 0 Å². The lowest BCUT2D eigenvalue weighted by Gasteiger charge is -2.35. The van der Waals surface area contributed by atoms with Gasteiger partial charge in [-0.2, -0.15) is 0 Å². The third-order valence-electron chi connectivity index (χ3n) is 3.70. The Kier molecular flexibility index (Phi) is 4.63. The molecule has 0 aromatic heterocycles. The summed E-state index contributed by atoms with van der Waals surface area (Å²) >= 11 is 1.74. The predicted molar refractivity (Wildman–Crippen MR) is 82.5 cm³/mol. The molecule has 1 fully saturated rings. The van der Waals surface area contributed by atoms with Crippen LogP contribution in [0.15, 0.2) is 12.1 Å². The van der Waals surface area contributed by atoms with E-state index in [2.05, 4.69) is 0 Å². The lowest BCUT2D eigenvalue weighted by molar-refractivity contribution is -0.132. The molecule has 1 aromatic rings. The van der Waals surface area contributed by atoms with Crippen LogP contribution in [0, 0.1) is 0 Å². The predicted octanol–water partition coefficient (Wildman–Crippen LogP) is 2.03. The summed E-state index contributed by atoms with van der Waals surface area (Å²) in [6, 6.07) is 3.85. The van der Waals surface area contributed by atoms with Crippen LogP contribution in [-0.2, 0) is 9.53 Å². The number of amides is 1. The van der Waals surface area contributed by atoms with E-state index in [-0.39, 0.29) is 18.1 Å². The van der Waals surface area contributed by atoms with Gasteiger partial charge in [-0.3, -0.25) is 4.79 Å². The number of fused-ring (bicyclic) bond motifs is 1. The summed E-state index contributed by atoms with van der Waals surface area (Å²) in [6.45, 7) is 1.29. The van der Waals surface area contributed by atoms with E-state index in [1.807, 2.05) is 17.0 Å². The Balaban J connectivity index is 1.92. The quantitative estimate of drug-likeness (QED) is 0.826. The molecule has 0 N–H and O–H groups in total. The Morgan fingerprint density at radius 3 is 3.00 bits per heavy atom. The van der Waals surface area contributed by atoms with Gasteiger partial charge in [-0.05, 0) is 17.7 Å². The second-order valence-electron chi connectivity index (χ2n) is 5.01. The van der Waals surface area contributed by atoms with Gasteiger partial charge in [0, 0.05) is 25.8 Å². The van der Waals surface area contributed by atoms with E-state index in [1.165, 1.54) is 0 Å². The Labute approximate surface area is 133 Å². The first-order valence-electron chi connectivity index (χ1n) is 7.12. The number of carbonyl (C=O) groups excluding carboxylic acids is 1. The van der Waals surface area contributed by atoms with Crippen LogP contribution in [0.4, 0.5) is 0 Å². The molecule has 3 rings (SSSR count). The Bertz CT molecular complexity index is 565. The van der Waals surface area contributed by atoms with E-state index in [9.17, 15) is 4.79 Å². The maximum absolute atomic E-state index is 12.2. The lowest BCUT2D eigenvalue weighted by atomic mass is 10.1. The van der Waals surface area contributed by atoms with Gasteiger partial charge in [-0.25, -0.2) is 0 Å². The Hall–Kier alpha value is -1.60. The van der Waals surface area contributed by atoms with Crippen LogP contribution in [0.25, 0.3) is 0 Å². The topological polar surface area (TPSA) is 57.2 Å². The molecule has 1 unspecified atom stereocenters. The summed E-state index contributed by atoms with van der Waals surface area (Å²) in [5.41, 5.74) is 0.982. The van der Waals surface area contributed by atoms with E-state index in [4.69, 9.17) is 18.9 Å². The molecule has 6 nitrogen and oxygen atoms in total. The summed E-state index contributed by atoms with van der Waals surface area (Å²) in [4.78, 5) is 14.1. The maximum atomic E-state index is 12.2. The number of carbonyl (C=O) groups is 1. The average Bonchev–Trinajstić information content (AvgIpc) is 3.01. The summed E-state index contributed by atoms with van der Waals surface area (Å²) in [5, 5.41) is -0.0557. The van der Waals surface area contributed by atoms with Crippen molar-refractivity contribution in [3.63, 3.8) is 0 Å². The zero-order chi connectivity index (χ0) is 15.5. The van der Waals surface area contributed by atoms with E-state index in [0.29, 0.717) is 36.8 Å². The maximum Gasteiger partial charge on any atom is 0.231 e. The second-order valence-corrected chi connectivity index (χ2v) is 6.20. The van der Waals surface area contributed by atoms with E-state index in [1.54, 1.807) is 26.0 Å². The van der Waals surface area contributed by atoms with Gasteiger partial charge in [0.05, 0.1) is 13.7 Å². The molecule has 1 aromatic carbocycles. The molecular formula is C15H19NO5S.